The molecule has 2 N–H and O–H groups in total. The average Bonchev–Trinajstić information content (AvgIpc) is 3.43. The third-order valence-electron chi connectivity index (χ3n) is 8.61. The molecule has 4 aromatic carbocycles. The van der Waals surface area contributed by atoms with Crippen molar-refractivity contribution < 1.29 is 33.2 Å². The molecule has 1 aromatic heterocycles. The van der Waals surface area contributed by atoms with E-state index in [0.717, 1.165) is 21.3 Å². The summed E-state index contributed by atoms with van der Waals surface area (Å²) in [5, 5.41) is 13.7. The van der Waals surface area contributed by atoms with Crippen LogP contribution in [0.2, 0.25) is 0 Å². The summed E-state index contributed by atoms with van der Waals surface area (Å²) < 4.78 is 40.4. The fourth-order valence-corrected chi connectivity index (χ4v) is 5.99. The fourth-order valence-electron chi connectivity index (χ4n) is 5.99. The molecule has 0 bridgehead atoms. The monoisotopic (exact) mass is 665 g/mol. The van der Waals surface area contributed by atoms with Gasteiger partial charge in [-0.15, -0.1) is 0 Å². The van der Waals surface area contributed by atoms with E-state index in [0.29, 0.717) is 22.6 Å². The van der Waals surface area contributed by atoms with Crippen molar-refractivity contribution in [2.45, 2.75) is 37.1 Å². The summed E-state index contributed by atoms with van der Waals surface area (Å²) in [6.45, 7) is 1.37. The Morgan fingerprint density at radius 1 is 0.878 bits per heavy atom. The molecule has 1 aliphatic heterocycles. The molecule has 11 heteroatoms. The summed E-state index contributed by atoms with van der Waals surface area (Å²) in [5.74, 6) is 0.892. The van der Waals surface area contributed by atoms with E-state index >= 15 is 4.39 Å². The van der Waals surface area contributed by atoms with Crippen molar-refractivity contribution in [1.29, 1.82) is 0 Å². The molecule has 1 fully saturated rings. The topological polar surface area (TPSA) is 121 Å². The number of rotatable bonds is 11. The molecule has 0 spiro atoms. The highest BCUT2D eigenvalue weighted by Gasteiger charge is 2.48. The van der Waals surface area contributed by atoms with Crippen molar-refractivity contribution in [2.75, 3.05) is 26.1 Å². The van der Waals surface area contributed by atoms with E-state index in [1.54, 1.807) is 51.5 Å². The van der Waals surface area contributed by atoms with E-state index in [4.69, 9.17) is 18.9 Å². The van der Waals surface area contributed by atoms with Crippen molar-refractivity contribution in [2.24, 2.45) is 0 Å². The number of hydrogen-bond donors (Lipinski definition) is 2. The summed E-state index contributed by atoms with van der Waals surface area (Å²) in [7, 11) is 3.16. The van der Waals surface area contributed by atoms with Crippen molar-refractivity contribution in [3.05, 3.63) is 154 Å². The van der Waals surface area contributed by atoms with Crippen molar-refractivity contribution in [3.8, 4) is 11.5 Å². The predicted octanol–water partition coefficient (Wildman–Crippen LogP) is 5.43. The number of nitrogens with zero attached hydrogens (tertiary/aromatic N) is 2. The third-order valence-corrected chi connectivity index (χ3v) is 8.61. The molecular formula is C38H36FN3O7. The number of amides is 1. The average molecular weight is 666 g/mol. The first kappa shape index (κ1) is 33.5. The largest absolute Gasteiger partial charge is 0.497 e. The number of nitrogens with one attached hydrogen (secondary N) is 1. The minimum absolute atomic E-state index is 0.0376. The van der Waals surface area contributed by atoms with E-state index in [9.17, 15) is 14.7 Å². The number of aliphatic hydroxyl groups excluding tert-OH is 1. The van der Waals surface area contributed by atoms with Crippen LogP contribution in [-0.4, -0.2) is 59.8 Å². The van der Waals surface area contributed by atoms with Crippen LogP contribution in [0.15, 0.2) is 120 Å². The van der Waals surface area contributed by atoms with E-state index < -0.39 is 41.8 Å². The van der Waals surface area contributed by atoms with Crippen LogP contribution in [-0.2, 0) is 15.1 Å². The zero-order chi connectivity index (χ0) is 34.5. The first-order valence-electron chi connectivity index (χ1n) is 15.7. The Balaban J connectivity index is 1.31. The van der Waals surface area contributed by atoms with Crippen LogP contribution < -0.4 is 20.5 Å². The van der Waals surface area contributed by atoms with Crippen LogP contribution in [0.25, 0.3) is 0 Å². The van der Waals surface area contributed by atoms with Gasteiger partial charge in [-0.1, -0.05) is 72.8 Å². The second-order valence-electron chi connectivity index (χ2n) is 11.6. The van der Waals surface area contributed by atoms with Gasteiger partial charge in [0.2, 0.25) is 0 Å². The van der Waals surface area contributed by atoms with E-state index in [1.807, 2.05) is 78.9 Å². The molecule has 6 rings (SSSR count). The first-order chi connectivity index (χ1) is 23.7. The molecule has 0 radical (unpaired) electrons. The Kier molecular flexibility index (Phi) is 9.86. The molecule has 5 aromatic rings. The lowest BCUT2D eigenvalue weighted by atomic mass is 9.80. The molecule has 0 aliphatic carbocycles. The summed E-state index contributed by atoms with van der Waals surface area (Å²) in [5.41, 5.74) is 0.958. The lowest BCUT2D eigenvalue weighted by Gasteiger charge is -2.37. The van der Waals surface area contributed by atoms with E-state index in [1.165, 1.54) is 6.20 Å². The zero-order valence-corrected chi connectivity index (χ0v) is 27.2. The van der Waals surface area contributed by atoms with E-state index in [-0.39, 0.29) is 12.4 Å². The Hall–Kier alpha value is -5.36. The first-order valence-corrected chi connectivity index (χ1v) is 15.7. The molecule has 49 heavy (non-hydrogen) atoms. The van der Waals surface area contributed by atoms with Gasteiger partial charge in [-0.05, 0) is 60.0 Å². The normalized spacial score (nSPS) is 19.0. The predicted molar refractivity (Wildman–Crippen MR) is 181 cm³/mol. The van der Waals surface area contributed by atoms with Crippen LogP contribution in [0.1, 0.15) is 38.8 Å². The number of aromatic nitrogens is 2. The Morgan fingerprint density at radius 3 is 1.96 bits per heavy atom. The van der Waals surface area contributed by atoms with Crippen LogP contribution >= 0.6 is 0 Å². The van der Waals surface area contributed by atoms with Crippen LogP contribution in [0.4, 0.5) is 10.2 Å². The summed E-state index contributed by atoms with van der Waals surface area (Å²) in [4.78, 5) is 29.8. The minimum atomic E-state index is -1.98. The molecule has 4 atom stereocenters. The number of halogens is 1. The summed E-state index contributed by atoms with van der Waals surface area (Å²) in [6.07, 6.45) is -4.91. The van der Waals surface area contributed by atoms with Crippen molar-refractivity contribution in [1.82, 2.24) is 9.55 Å². The van der Waals surface area contributed by atoms with Gasteiger partial charge in [0.1, 0.15) is 35.1 Å². The fraction of sp³-hybridized carbons (Fsp3) is 0.237. The Morgan fingerprint density at radius 2 is 1.41 bits per heavy atom. The van der Waals surface area contributed by atoms with Gasteiger partial charge in [-0.3, -0.25) is 9.36 Å². The molecule has 10 nitrogen and oxygen atoms in total. The number of hydrogen-bond acceptors (Lipinski definition) is 8. The lowest BCUT2D eigenvalue weighted by Crippen LogP contribution is -2.39. The number of anilines is 1. The molecule has 252 valence electrons. The number of carbonyl (C=O) groups is 1. The molecule has 2 heterocycles. The van der Waals surface area contributed by atoms with E-state index in [2.05, 4.69) is 10.3 Å². The van der Waals surface area contributed by atoms with Gasteiger partial charge < -0.3 is 29.4 Å². The van der Waals surface area contributed by atoms with Gasteiger partial charge in [-0.2, -0.15) is 4.98 Å². The standard InChI is InChI=1S/C38H36FN3O7/c1-24-22-42(37(45)41-34(24)40-35(44)25-10-6-4-7-11-25)36-32(39)33(43)31(49-36)23-48-38(26-12-8-5-9-13-26,27-14-18-29(46-2)19-15-27)28-16-20-30(47-3)21-17-28/h4-22,31-33,36,43H,23H2,1-3H3,(H,40,41,44,45)/t31-,32?,33+,36-/m1/s1. The second kappa shape index (κ2) is 14.4. The Bertz CT molecular complexity index is 1890. The van der Waals surface area contributed by atoms with Gasteiger partial charge >= 0.3 is 5.69 Å². The second-order valence-corrected chi connectivity index (χ2v) is 11.6. The number of ether oxygens (including phenoxy) is 4. The number of alkyl halides is 1. The number of benzene rings is 4. The number of aliphatic hydroxyl groups is 1. The maximum atomic E-state index is 15.8. The zero-order valence-electron chi connectivity index (χ0n) is 27.2. The molecule has 1 amide bonds. The van der Waals surface area contributed by atoms with Crippen LogP contribution in [0.3, 0.4) is 0 Å². The van der Waals surface area contributed by atoms with Crippen LogP contribution in [0.5, 0.6) is 11.5 Å². The van der Waals surface area contributed by atoms with Gasteiger partial charge in [0.15, 0.2) is 12.4 Å². The third kappa shape index (κ3) is 6.68. The highest BCUT2D eigenvalue weighted by atomic mass is 19.1. The van der Waals surface area contributed by atoms with Gasteiger partial charge in [0.05, 0.1) is 20.8 Å². The summed E-state index contributed by atoms with van der Waals surface area (Å²) >= 11 is 0. The van der Waals surface area contributed by atoms with Crippen molar-refractivity contribution >= 4 is 11.7 Å². The SMILES string of the molecule is COc1ccc(C(OC[C@H]2O[C@@H](n3cc(C)c(NC(=O)c4ccccc4)nc3=O)C(F)[C@H]2O)(c2ccccc2)c2ccc(OC)cc2)cc1. The van der Waals surface area contributed by atoms with Gasteiger partial charge in [0.25, 0.3) is 5.91 Å². The molecule has 1 unspecified atom stereocenters. The lowest BCUT2D eigenvalue weighted by molar-refractivity contribution is -0.0950. The maximum Gasteiger partial charge on any atom is 0.351 e. The number of methoxy groups -OCH3 is 2. The van der Waals surface area contributed by atoms with Crippen LogP contribution in [0, 0.1) is 6.92 Å². The minimum Gasteiger partial charge on any atom is -0.497 e. The Labute approximate surface area is 282 Å². The quantitative estimate of drug-likeness (QED) is 0.179. The molecule has 0 saturated carbocycles. The van der Waals surface area contributed by atoms with Crippen molar-refractivity contribution in [3.63, 3.8) is 0 Å². The van der Waals surface area contributed by atoms with Gasteiger partial charge in [0, 0.05) is 17.3 Å². The maximum absolute atomic E-state index is 15.8. The highest BCUT2D eigenvalue weighted by Crippen LogP contribution is 2.43. The molecular weight excluding hydrogens is 629 g/mol. The number of carbonyl (C=O) groups excluding carboxylic acids is 1. The highest BCUT2D eigenvalue weighted by molar-refractivity contribution is 6.04. The smallest absolute Gasteiger partial charge is 0.351 e. The number of aryl methyl sites for hydroxylation is 1. The molecule has 1 aliphatic rings. The van der Waals surface area contributed by atoms with Gasteiger partial charge in [-0.25, -0.2) is 9.18 Å². The molecule has 1 saturated heterocycles. The summed E-state index contributed by atoms with van der Waals surface area (Å²) in [6, 6.07) is 32.8.